The minimum atomic E-state index is -0.871. The Balaban J connectivity index is 1.66. The quantitative estimate of drug-likeness (QED) is 0.749. The molecule has 1 aliphatic heterocycles. The Morgan fingerprint density at radius 1 is 1.38 bits per heavy atom. The number of nitrogens with one attached hydrogen (secondary N) is 1. The highest BCUT2D eigenvalue weighted by molar-refractivity contribution is 5.83. The van der Waals surface area contributed by atoms with Crippen LogP contribution < -0.4 is 5.32 Å². The monoisotopic (exact) mass is 361 g/mol. The topological polar surface area (TPSA) is 109 Å². The van der Waals surface area contributed by atoms with Crippen molar-refractivity contribution in [1.82, 2.24) is 34.7 Å². The lowest BCUT2D eigenvalue weighted by atomic mass is 10.1. The number of carbonyl (C=O) groups excluding carboxylic acids is 2. The maximum atomic E-state index is 12.3. The van der Waals surface area contributed by atoms with Crippen LogP contribution in [0.2, 0.25) is 0 Å². The van der Waals surface area contributed by atoms with Crippen molar-refractivity contribution in [1.29, 1.82) is 0 Å². The highest BCUT2D eigenvalue weighted by Crippen LogP contribution is 2.23. The number of hydrogen-bond donors (Lipinski definition) is 2. The largest absolute Gasteiger partial charge is 0.380 e. The maximum absolute atomic E-state index is 12.3. The van der Waals surface area contributed by atoms with Crippen LogP contribution in [0.4, 0.5) is 4.79 Å². The molecule has 0 radical (unpaired) electrons. The standard InChI is InChI=1S/C16H23N7O3/c1-20(2)16(26)17-9-14(24)22-6-7-23-11(10-22)8-12(19-23)15(25)13-4-5-18-21(13)3/h4-5,8,15,25H,6-7,9-10H2,1-3H3,(H,17,26). The zero-order valence-electron chi connectivity index (χ0n) is 15.1. The van der Waals surface area contributed by atoms with Gasteiger partial charge in [0.15, 0.2) is 0 Å². The first-order valence-electron chi connectivity index (χ1n) is 8.32. The smallest absolute Gasteiger partial charge is 0.317 e. The Morgan fingerprint density at radius 3 is 2.81 bits per heavy atom. The van der Waals surface area contributed by atoms with Crippen LogP contribution in [0, 0.1) is 0 Å². The van der Waals surface area contributed by atoms with Crippen molar-refractivity contribution in [3.05, 3.63) is 35.4 Å². The van der Waals surface area contributed by atoms with Crippen LogP contribution in [0.25, 0.3) is 0 Å². The molecule has 1 unspecified atom stereocenters. The lowest BCUT2D eigenvalue weighted by Crippen LogP contribution is -2.45. The summed E-state index contributed by atoms with van der Waals surface area (Å²) in [7, 11) is 5.00. The van der Waals surface area contributed by atoms with Gasteiger partial charge in [0.2, 0.25) is 5.91 Å². The highest BCUT2D eigenvalue weighted by atomic mass is 16.3. The number of aryl methyl sites for hydroxylation is 1. The molecule has 3 amide bonds. The van der Waals surface area contributed by atoms with Gasteiger partial charge in [0, 0.05) is 33.9 Å². The number of carbonyl (C=O) groups is 2. The summed E-state index contributed by atoms with van der Waals surface area (Å²) in [5.74, 6) is -0.151. The fraction of sp³-hybridized carbons (Fsp3) is 0.500. The van der Waals surface area contributed by atoms with Gasteiger partial charge < -0.3 is 20.2 Å². The molecular weight excluding hydrogens is 338 g/mol. The van der Waals surface area contributed by atoms with Crippen molar-refractivity contribution in [3.8, 4) is 0 Å². The predicted octanol–water partition coefficient (Wildman–Crippen LogP) is -0.688. The van der Waals surface area contributed by atoms with Crippen LogP contribution in [0.15, 0.2) is 18.3 Å². The summed E-state index contributed by atoms with van der Waals surface area (Å²) in [4.78, 5) is 26.9. The van der Waals surface area contributed by atoms with Gasteiger partial charge in [-0.05, 0) is 12.1 Å². The molecule has 26 heavy (non-hydrogen) atoms. The van der Waals surface area contributed by atoms with Crippen molar-refractivity contribution < 1.29 is 14.7 Å². The van der Waals surface area contributed by atoms with E-state index in [4.69, 9.17) is 0 Å². The molecule has 0 aromatic carbocycles. The summed E-state index contributed by atoms with van der Waals surface area (Å²) in [5.41, 5.74) is 2.03. The minimum Gasteiger partial charge on any atom is -0.380 e. The van der Waals surface area contributed by atoms with E-state index < -0.39 is 6.10 Å². The fourth-order valence-electron chi connectivity index (χ4n) is 2.86. The molecular formula is C16H23N7O3. The first-order chi connectivity index (χ1) is 12.4. The van der Waals surface area contributed by atoms with Crippen molar-refractivity contribution in [2.24, 2.45) is 7.05 Å². The normalized spacial score (nSPS) is 14.7. The van der Waals surface area contributed by atoms with Crippen LogP contribution in [0.5, 0.6) is 0 Å². The van der Waals surface area contributed by atoms with Crippen LogP contribution in [-0.2, 0) is 24.9 Å². The van der Waals surface area contributed by atoms with Gasteiger partial charge in [0.25, 0.3) is 0 Å². The second kappa shape index (κ2) is 7.16. The van der Waals surface area contributed by atoms with Gasteiger partial charge in [-0.3, -0.25) is 14.2 Å². The molecule has 2 aromatic heterocycles. The number of aromatic nitrogens is 4. The van der Waals surface area contributed by atoms with Crippen molar-refractivity contribution >= 4 is 11.9 Å². The first kappa shape index (κ1) is 17.9. The molecule has 3 heterocycles. The molecule has 0 saturated carbocycles. The second-order valence-electron chi connectivity index (χ2n) is 6.43. The number of rotatable bonds is 4. The first-order valence-corrected chi connectivity index (χ1v) is 8.32. The van der Waals surface area contributed by atoms with E-state index in [2.05, 4.69) is 15.5 Å². The summed E-state index contributed by atoms with van der Waals surface area (Å²) in [6, 6.07) is 3.24. The van der Waals surface area contributed by atoms with Crippen molar-refractivity contribution in [2.45, 2.75) is 19.2 Å². The average molecular weight is 361 g/mol. The van der Waals surface area contributed by atoms with Crippen molar-refractivity contribution in [2.75, 3.05) is 27.2 Å². The van der Waals surface area contributed by atoms with Crippen LogP contribution in [0.3, 0.4) is 0 Å². The van der Waals surface area contributed by atoms with E-state index in [1.807, 2.05) is 0 Å². The number of amides is 3. The zero-order valence-corrected chi connectivity index (χ0v) is 15.1. The zero-order chi connectivity index (χ0) is 18.8. The van der Waals surface area contributed by atoms with E-state index in [-0.39, 0.29) is 18.5 Å². The molecule has 0 spiro atoms. The van der Waals surface area contributed by atoms with Gasteiger partial charge in [0.05, 0.1) is 36.7 Å². The Bertz CT molecular complexity index is 811. The predicted molar refractivity (Wildman–Crippen MR) is 92.0 cm³/mol. The van der Waals surface area contributed by atoms with Gasteiger partial charge in [0.1, 0.15) is 6.10 Å². The van der Waals surface area contributed by atoms with Gasteiger partial charge in [-0.2, -0.15) is 10.2 Å². The van der Waals surface area contributed by atoms with E-state index in [1.54, 1.807) is 53.7 Å². The number of aliphatic hydroxyl groups excluding tert-OH is 1. The minimum absolute atomic E-state index is 0.0460. The van der Waals surface area contributed by atoms with Crippen LogP contribution in [-0.4, -0.2) is 73.6 Å². The summed E-state index contributed by atoms with van der Waals surface area (Å²) in [6.07, 6.45) is 0.751. The molecule has 3 rings (SSSR count). The van der Waals surface area contributed by atoms with E-state index in [9.17, 15) is 14.7 Å². The third kappa shape index (κ3) is 3.54. The Kier molecular flexibility index (Phi) is 4.94. The lowest BCUT2D eigenvalue weighted by molar-refractivity contribution is -0.131. The van der Waals surface area contributed by atoms with E-state index in [0.717, 1.165) is 5.69 Å². The highest BCUT2D eigenvalue weighted by Gasteiger charge is 2.25. The molecule has 1 aliphatic rings. The third-order valence-corrected chi connectivity index (χ3v) is 4.39. The second-order valence-corrected chi connectivity index (χ2v) is 6.43. The van der Waals surface area contributed by atoms with Gasteiger partial charge >= 0.3 is 6.03 Å². The van der Waals surface area contributed by atoms with Crippen LogP contribution >= 0.6 is 0 Å². The molecule has 2 N–H and O–H groups in total. The number of nitrogens with zero attached hydrogens (tertiary/aromatic N) is 6. The third-order valence-electron chi connectivity index (χ3n) is 4.39. The summed E-state index contributed by atoms with van der Waals surface area (Å²) >= 11 is 0. The molecule has 2 aromatic rings. The van der Waals surface area contributed by atoms with E-state index in [0.29, 0.717) is 31.0 Å². The van der Waals surface area contributed by atoms with E-state index >= 15 is 0 Å². The number of hydrogen-bond acceptors (Lipinski definition) is 5. The molecule has 0 bridgehead atoms. The Hall–Kier alpha value is -2.88. The molecule has 10 heteroatoms. The molecule has 140 valence electrons. The van der Waals surface area contributed by atoms with Gasteiger partial charge in [-0.25, -0.2) is 4.79 Å². The number of aliphatic hydroxyl groups is 1. The summed E-state index contributed by atoms with van der Waals surface area (Å²) in [5, 5.41) is 21.6. The lowest BCUT2D eigenvalue weighted by Gasteiger charge is -2.28. The van der Waals surface area contributed by atoms with Crippen molar-refractivity contribution in [3.63, 3.8) is 0 Å². The van der Waals surface area contributed by atoms with Gasteiger partial charge in [-0.15, -0.1) is 0 Å². The SMILES string of the molecule is CN(C)C(=O)NCC(=O)N1CCn2nc(C(O)c3ccnn3C)cc2C1. The maximum Gasteiger partial charge on any atom is 0.317 e. The number of urea groups is 1. The van der Waals surface area contributed by atoms with Crippen LogP contribution in [0.1, 0.15) is 23.2 Å². The average Bonchev–Trinajstić information content (AvgIpc) is 3.23. The molecule has 0 fully saturated rings. The Morgan fingerprint density at radius 2 is 2.15 bits per heavy atom. The molecule has 0 aliphatic carbocycles. The Labute approximate surface area is 151 Å². The molecule has 0 saturated heterocycles. The summed E-state index contributed by atoms with van der Waals surface area (Å²) < 4.78 is 3.41. The fourth-order valence-corrected chi connectivity index (χ4v) is 2.86. The number of fused-ring (bicyclic) bond motifs is 1. The molecule has 1 atom stereocenters. The van der Waals surface area contributed by atoms with Gasteiger partial charge in [-0.1, -0.05) is 0 Å². The molecule has 10 nitrogen and oxygen atoms in total. The summed E-state index contributed by atoms with van der Waals surface area (Å²) in [6.45, 7) is 1.39. The van der Waals surface area contributed by atoms with E-state index in [1.165, 1.54) is 4.90 Å².